The van der Waals surface area contributed by atoms with Crippen LogP contribution in [0.4, 0.5) is 26.3 Å². The number of amides is 2. The van der Waals surface area contributed by atoms with Gasteiger partial charge in [0.25, 0.3) is 0 Å². The lowest BCUT2D eigenvalue weighted by molar-refractivity contribution is -0.174. The van der Waals surface area contributed by atoms with Crippen molar-refractivity contribution in [3.05, 3.63) is 0 Å². The molecular formula is C8H8F6N8O3. The summed E-state index contributed by atoms with van der Waals surface area (Å²) in [5.41, 5.74) is 10.4. The molecule has 0 spiro atoms. The standard InChI is InChI=1S/C8H8F6N8O3/c9-7(10,11)5(23)19-17-1-2(18-20-6(24)8(12,13)14)16-4-3(15-1)21-25-22-4/h3-4,21-22H,(H,15,17)(H,16,18)(H,19,23)(H,20,24). The Kier molecular flexibility index (Phi) is 4.99. The van der Waals surface area contributed by atoms with Crippen molar-refractivity contribution in [2.45, 2.75) is 24.7 Å². The molecule has 17 heteroatoms. The molecule has 2 amide bonds. The number of alkyl halides is 6. The van der Waals surface area contributed by atoms with Gasteiger partial charge < -0.3 is 0 Å². The number of fused-ring (bicyclic) bond motifs is 1. The number of aliphatic imine (C=N–C) groups is 2. The summed E-state index contributed by atoms with van der Waals surface area (Å²) < 4.78 is 72.8. The molecule has 11 nitrogen and oxygen atoms in total. The summed E-state index contributed by atoms with van der Waals surface area (Å²) in [4.78, 5) is 33.5. The van der Waals surface area contributed by atoms with Crippen LogP contribution in [0.5, 0.6) is 0 Å². The monoisotopic (exact) mass is 378 g/mol. The molecular weight excluding hydrogens is 370 g/mol. The average Bonchev–Trinajstić information content (AvgIpc) is 2.94. The topological polar surface area (TPSA) is 140 Å². The molecule has 1 fully saturated rings. The van der Waals surface area contributed by atoms with Crippen LogP contribution in [0.15, 0.2) is 9.98 Å². The predicted octanol–water partition coefficient (Wildman–Crippen LogP) is -2.15. The van der Waals surface area contributed by atoms with Gasteiger partial charge in [-0.15, -0.1) is 0 Å². The normalized spacial score (nSPS) is 23.1. The minimum Gasteiger partial charge on any atom is -0.279 e. The molecule has 0 bridgehead atoms. The van der Waals surface area contributed by atoms with E-state index in [2.05, 4.69) is 25.9 Å². The summed E-state index contributed by atoms with van der Waals surface area (Å²) in [6.07, 6.45) is -12.4. The van der Waals surface area contributed by atoms with Crippen molar-refractivity contribution in [2.24, 2.45) is 9.98 Å². The molecule has 0 aromatic carbocycles. The number of hydrogen-bond donors (Lipinski definition) is 6. The first kappa shape index (κ1) is 18.7. The fourth-order valence-electron chi connectivity index (χ4n) is 1.43. The maximum Gasteiger partial charge on any atom is 0.472 e. The van der Waals surface area contributed by atoms with E-state index in [1.54, 1.807) is 10.9 Å². The molecule has 2 rings (SSSR count). The first-order valence-corrected chi connectivity index (χ1v) is 6.07. The summed E-state index contributed by atoms with van der Waals surface area (Å²) in [5.74, 6) is -6.02. The number of hydrazine groups is 2. The largest absolute Gasteiger partial charge is 0.472 e. The van der Waals surface area contributed by atoms with E-state index in [9.17, 15) is 35.9 Å². The van der Waals surface area contributed by atoms with Crippen molar-refractivity contribution >= 4 is 23.5 Å². The maximum absolute atomic E-state index is 12.1. The summed E-state index contributed by atoms with van der Waals surface area (Å²) in [6, 6.07) is 0. The van der Waals surface area contributed by atoms with E-state index in [-0.39, 0.29) is 0 Å². The number of carbonyl (C=O) groups is 2. The quantitative estimate of drug-likeness (QED) is 0.209. The van der Waals surface area contributed by atoms with Gasteiger partial charge in [0.05, 0.1) is 0 Å². The predicted molar refractivity (Wildman–Crippen MR) is 64.5 cm³/mol. The Hall–Kier alpha value is -2.66. The highest BCUT2D eigenvalue weighted by molar-refractivity contribution is 6.41. The zero-order valence-electron chi connectivity index (χ0n) is 11.5. The molecule has 0 aromatic heterocycles. The Morgan fingerprint density at radius 3 is 1.52 bits per heavy atom. The number of halogens is 6. The SMILES string of the molecule is O=C(NNC1=NC2NONC2N=C1NNC(=O)C(F)(F)F)C(F)(F)F. The lowest BCUT2D eigenvalue weighted by Gasteiger charge is -2.22. The van der Waals surface area contributed by atoms with E-state index in [0.717, 1.165) is 0 Å². The Bertz CT molecular complexity index is 564. The van der Waals surface area contributed by atoms with Crippen molar-refractivity contribution in [1.82, 2.24) is 32.7 Å². The number of carbonyl (C=O) groups excluding carboxylic acids is 2. The van der Waals surface area contributed by atoms with Crippen LogP contribution in [-0.2, 0) is 14.5 Å². The Morgan fingerprint density at radius 2 is 1.20 bits per heavy atom. The molecule has 0 aliphatic carbocycles. The summed E-state index contributed by atoms with van der Waals surface area (Å²) >= 11 is 0. The van der Waals surface area contributed by atoms with E-state index in [1.807, 2.05) is 0 Å². The third kappa shape index (κ3) is 4.67. The highest BCUT2D eigenvalue weighted by Crippen LogP contribution is 2.15. The van der Waals surface area contributed by atoms with Gasteiger partial charge in [-0.05, 0) is 0 Å². The van der Waals surface area contributed by atoms with Gasteiger partial charge in [0, 0.05) is 0 Å². The first-order chi connectivity index (χ1) is 11.5. The van der Waals surface area contributed by atoms with Crippen molar-refractivity contribution in [3.8, 4) is 0 Å². The second kappa shape index (κ2) is 6.69. The van der Waals surface area contributed by atoms with Crippen LogP contribution in [0.2, 0.25) is 0 Å². The molecule has 2 aliphatic rings. The fourth-order valence-corrected chi connectivity index (χ4v) is 1.43. The van der Waals surface area contributed by atoms with Crippen LogP contribution in [0.1, 0.15) is 0 Å². The third-order valence-electron chi connectivity index (χ3n) is 2.52. The number of nitrogens with zero attached hydrogens (tertiary/aromatic N) is 2. The number of hydroxylamine groups is 2. The minimum absolute atomic E-state index is 0.610. The molecule has 2 heterocycles. The van der Waals surface area contributed by atoms with E-state index >= 15 is 0 Å². The van der Waals surface area contributed by atoms with Gasteiger partial charge in [0.15, 0.2) is 24.0 Å². The molecule has 0 radical (unpaired) electrons. The first-order valence-electron chi connectivity index (χ1n) is 6.07. The number of rotatable bonds is 0. The summed E-state index contributed by atoms with van der Waals surface area (Å²) in [5, 5.41) is 0. The Morgan fingerprint density at radius 1 is 0.840 bits per heavy atom. The van der Waals surface area contributed by atoms with Crippen LogP contribution in [-0.4, -0.2) is 48.2 Å². The highest BCUT2D eigenvalue weighted by Gasteiger charge is 2.41. The second-order valence-electron chi connectivity index (χ2n) is 4.34. The molecule has 2 unspecified atom stereocenters. The Labute approximate surface area is 133 Å². The van der Waals surface area contributed by atoms with Gasteiger partial charge in [-0.25, -0.2) is 14.9 Å². The van der Waals surface area contributed by atoms with Crippen molar-refractivity contribution in [2.75, 3.05) is 0 Å². The minimum atomic E-state index is -5.23. The molecule has 0 aromatic rings. The molecule has 2 aliphatic heterocycles. The van der Waals surface area contributed by atoms with Crippen molar-refractivity contribution in [1.29, 1.82) is 0 Å². The lowest BCUT2D eigenvalue weighted by atomic mass is 10.3. The average molecular weight is 378 g/mol. The third-order valence-corrected chi connectivity index (χ3v) is 2.52. The number of hydrogen-bond acceptors (Lipinski definition) is 9. The van der Waals surface area contributed by atoms with Crippen molar-refractivity contribution < 1.29 is 40.9 Å². The molecule has 2 atom stereocenters. The molecule has 140 valence electrons. The zero-order chi connectivity index (χ0) is 18.8. The van der Waals surface area contributed by atoms with Crippen LogP contribution >= 0.6 is 0 Å². The van der Waals surface area contributed by atoms with Gasteiger partial charge in [-0.1, -0.05) is 0 Å². The van der Waals surface area contributed by atoms with Crippen LogP contribution < -0.4 is 32.7 Å². The number of nitrogens with one attached hydrogen (secondary N) is 6. The van der Waals surface area contributed by atoms with Crippen LogP contribution in [0, 0.1) is 0 Å². The Balaban J connectivity index is 2.06. The molecule has 1 saturated heterocycles. The zero-order valence-corrected chi connectivity index (χ0v) is 11.5. The van der Waals surface area contributed by atoms with E-state index in [0.29, 0.717) is 0 Å². The fraction of sp³-hybridized carbons (Fsp3) is 0.500. The molecule has 25 heavy (non-hydrogen) atoms. The van der Waals surface area contributed by atoms with Crippen molar-refractivity contribution in [3.63, 3.8) is 0 Å². The molecule has 6 N–H and O–H groups in total. The van der Waals surface area contributed by atoms with Crippen LogP contribution in [0.3, 0.4) is 0 Å². The smallest absolute Gasteiger partial charge is 0.279 e. The summed E-state index contributed by atoms with van der Waals surface area (Å²) in [6.45, 7) is 0. The van der Waals surface area contributed by atoms with E-state index in [1.165, 1.54) is 10.9 Å². The number of amidine groups is 2. The van der Waals surface area contributed by atoms with Gasteiger partial charge in [0.1, 0.15) is 0 Å². The molecule has 0 saturated carbocycles. The van der Waals surface area contributed by atoms with Gasteiger partial charge in [-0.3, -0.25) is 31.3 Å². The van der Waals surface area contributed by atoms with Gasteiger partial charge in [-0.2, -0.15) is 37.3 Å². The summed E-state index contributed by atoms with van der Waals surface area (Å²) in [7, 11) is 0. The van der Waals surface area contributed by atoms with E-state index in [4.69, 9.17) is 0 Å². The van der Waals surface area contributed by atoms with Gasteiger partial charge >= 0.3 is 24.2 Å². The lowest BCUT2D eigenvalue weighted by Crippen LogP contribution is -2.58. The highest BCUT2D eigenvalue weighted by atomic mass is 19.4. The van der Waals surface area contributed by atoms with Crippen LogP contribution in [0.25, 0.3) is 0 Å². The van der Waals surface area contributed by atoms with E-state index < -0.39 is 48.2 Å². The van der Waals surface area contributed by atoms with Gasteiger partial charge in [0.2, 0.25) is 0 Å². The second-order valence-corrected chi connectivity index (χ2v) is 4.34. The maximum atomic E-state index is 12.1.